The molecule has 1 aliphatic heterocycles. The molecule has 11 heteroatoms. The molecule has 1 heterocycles. The molecule has 0 saturated carbocycles. The maximum atomic E-state index is 13.4. The third-order valence-electron chi connectivity index (χ3n) is 5.00. The van der Waals surface area contributed by atoms with Gasteiger partial charge in [0.05, 0.1) is 16.6 Å². The monoisotopic (exact) mass is 457 g/mol. The van der Waals surface area contributed by atoms with Crippen LogP contribution in [0.5, 0.6) is 5.75 Å². The third-order valence-corrected chi connectivity index (χ3v) is 6.89. The number of alkyl halides is 2. The highest BCUT2D eigenvalue weighted by Gasteiger charge is 2.32. The second-order valence-corrected chi connectivity index (χ2v) is 8.88. The number of rotatable bonds is 7. The molecular weight excluding hydrogens is 435 g/mol. The molecule has 0 aromatic heterocycles. The van der Waals surface area contributed by atoms with Crippen LogP contribution in [0.1, 0.15) is 6.92 Å². The number of hydrogen-bond acceptors (Lipinski definition) is 5. The van der Waals surface area contributed by atoms with Gasteiger partial charge in [0.1, 0.15) is 11.6 Å². The lowest BCUT2D eigenvalue weighted by atomic mass is 10.2. The van der Waals surface area contributed by atoms with Crippen molar-refractivity contribution in [3.05, 3.63) is 54.3 Å². The van der Waals surface area contributed by atoms with E-state index in [0.29, 0.717) is 0 Å². The summed E-state index contributed by atoms with van der Waals surface area (Å²) in [5, 5.41) is 2.57. The summed E-state index contributed by atoms with van der Waals surface area (Å²) in [6.45, 7) is -0.578. The molecule has 1 amide bonds. The fourth-order valence-corrected chi connectivity index (χ4v) is 4.73. The molecule has 1 aliphatic rings. The van der Waals surface area contributed by atoms with Gasteiger partial charge in [-0.25, -0.2) is 12.8 Å². The molecule has 1 unspecified atom stereocenters. The Labute approximate surface area is 178 Å². The smallest absolute Gasteiger partial charge is 0.387 e. The van der Waals surface area contributed by atoms with Crippen LogP contribution < -0.4 is 10.1 Å². The van der Waals surface area contributed by atoms with Crippen LogP contribution in [0.15, 0.2) is 53.4 Å². The average Bonchev–Trinajstić information content (AvgIpc) is 2.74. The average molecular weight is 457 g/mol. The molecule has 0 bridgehead atoms. The molecule has 0 aliphatic carbocycles. The maximum absolute atomic E-state index is 13.4. The number of piperazine rings is 1. The number of halogens is 3. The van der Waals surface area contributed by atoms with Crippen molar-refractivity contribution in [3.63, 3.8) is 0 Å². The Morgan fingerprint density at radius 2 is 1.74 bits per heavy atom. The molecule has 1 atom stereocenters. The molecule has 1 N–H and O–H groups in total. The molecule has 31 heavy (non-hydrogen) atoms. The van der Waals surface area contributed by atoms with Crippen LogP contribution in [0.2, 0.25) is 0 Å². The minimum Gasteiger partial charge on any atom is -0.433 e. The van der Waals surface area contributed by atoms with Gasteiger partial charge < -0.3 is 10.1 Å². The molecule has 3 rings (SSSR count). The molecule has 0 spiro atoms. The number of hydrogen-bond donors (Lipinski definition) is 1. The standard InChI is InChI=1S/C20H22F3N3O4S/c1-14(19(27)24-17-7-2-3-8-18(17)30-20(22)23)25-9-11-26(12-10-25)31(28,29)16-6-4-5-15(21)13-16/h2-8,13-14,20H,9-12H2,1H3,(H,24,27). The van der Waals surface area contributed by atoms with Gasteiger partial charge in [0.25, 0.3) is 0 Å². The second-order valence-electron chi connectivity index (χ2n) is 6.94. The second kappa shape index (κ2) is 9.67. The van der Waals surface area contributed by atoms with Crippen LogP contribution >= 0.6 is 0 Å². The quantitative estimate of drug-likeness (QED) is 0.692. The number of amides is 1. The van der Waals surface area contributed by atoms with Crippen LogP contribution in [0.25, 0.3) is 0 Å². The van der Waals surface area contributed by atoms with Crippen molar-refractivity contribution in [1.29, 1.82) is 0 Å². The van der Waals surface area contributed by atoms with E-state index in [0.717, 1.165) is 6.07 Å². The van der Waals surface area contributed by atoms with Crippen molar-refractivity contribution in [2.45, 2.75) is 24.5 Å². The van der Waals surface area contributed by atoms with E-state index >= 15 is 0 Å². The zero-order chi connectivity index (χ0) is 22.6. The first-order valence-electron chi connectivity index (χ1n) is 9.53. The number of para-hydroxylation sites is 2. The molecular formula is C20H22F3N3O4S. The van der Waals surface area contributed by atoms with E-state index in [1.54, 1.807) is 17.9 Å². The Balaban J connectivity index is 1.61. The molecule has 0 radical (unpaired) electrons. The van der Waals surface area contributed by atoms with E-state index in [-0.39, 0.29) is 42.5 Å². The van der Waals surface area contributed by atoms with Gasteiger partial charge in [-0.15, -0.1) is 0 Å². The first-order valence-corrected chi connectivity index (χ1v) is 11.0. The number of carbonyl (C=O) groups excluding carboxylic acids is 1. The summed E-state index contributed by atoms with van der Waals surface area (Å²) in [6, 6.07) is 10.0. The minimum absolute atomic E-state index is 0.118. The van der Waals surface area contributed by atoms with E-state index in [1.807, 2.05) is 0 Å². The Kier molecular flexibility index (Phi) is 7.19. The highest BCUT2D eigenvalue weighted by atomic mass is 32.2. The number of sulfonamides is 1. The lowest BCUT2D eigenvalue weighted by molar-refractivity contribution is -0.121. The summed E-state index contributed by atoms with van der Waals surface area (Å²) in [5.41, 5.74) is 0.118. The number of anilines is 1. The number of nitrogens with zero attached hydrogens (tertiary/aromatic N) is 2. The van der Waals surface area contributed by atoms with Crippen LogP contribution in [0, 0.1) is 5.82 Å². The van der Waals surface area contributed by atoms with Crippen LogP contribution in [0.4, 0.5) is 18.9 Å². The lowest BCUT2D eigenvalue weighted by Gasteiger charge is -2.36. The summed E-state index contributed by atoms with van der Waals surface area (Å²) in [5.74, 6) is -1.23. The Morgan fingerprint density at radius 1 is 1.06 bits per heavy atom. The van der Waals surface area contributed by atoms with Gasteiger partial charge in [-0.05, 0) is 37.3 Å². The fourth-order valence-electron chi connectivity index (χ4n) is 3.28. The van der Waals surface area contributed by atoms with Gasteiger partial charge in [0.15, 0.2) is 0 Å². The predicted molar refractivity (Wildman–Crippen MR) is 108 cm³/mol. The fraction of sp³-hybridized carbons (Fsp3) is 0.350. The van der Waals surface area contributed by atoms with E-state index in [1.165, 1.54) is 40.7 Å². The summed E-state index contributed by atoms with van der Waals surface area (Å²) < 4.78 is 69.6. The summed E-state index contributed by atoms with van der Waals surface area (Å²) in [6.07, 6.45) is 0. The molecule has 1 saturated heterocycles. The van der Waals surface area contributed by atoms with Crippen molar-refractivity contribution in [2.75, 3.05) is 31.5 Å². The first kappa shape index (κ1) is 23.0. The number of carbonyl (C=O) groups is 1. The molecule has 168 valence electrons. The van der Waals surface area contributed by atoms with Gasteiger partial charge in [-0.3, -0.25) is 9.69 Å². The highest BCUT2D eigenvalue weighted by molar-refractivity contribution is 7.89. The van der Waals surface area contributed by atoms with E-state index in [4.69, 9.17) is 0 Å². The largest absolute Gasteiger partial charge is 0.433 e. The third kappa shape index (κ3) is 5.54. The summed E-state index contributed by atoms with van der Waals surface area (Å²) >= 11 is 0. The van der Waals surface area contributed by atoms with Gasteiger partial charge in [0, 0.05) is 26.2 Å². The van der Waals surface area contributed by atoms with Gasteiger partial charge >= 0.3 is 6.61 Å². The Bertz CT molecular complexity index is 1030. The number of ether oxygens (including phenoxy) is 1. The van der Waals surface area contributed by atoms with Gasteiger partial charge in [0.2, 0.25) is 15.9 Å². The molecule has 2 aromatic carbocycles. The maximum Gasteiger partial charge on any atom is 0.387 e. The van der Waals surface area contributed by atoms with Crippen molar-refractivity contribution in [1.82, 2.24) is 9.21 Å². The van der Waals surface area contributed by atoms with Gasteiger partial charge in [-0.1, -0.05) is 18.2 Å². The number of nitrogens with one attached hydrogen (secondary N) is 1. The molecule has 7 nitrogen and oxygen atoms in total. The highest BCUT2D eigenvalue weighted by Crippen LogP contribution is 2.26. The van der Waals surface area contributed by atoms with Crippen molar-refractivity contribution in [2.24, 2.45) is 0 Å². The van der Waals surface area contributed by atoms with E-state index < -0.39 is 34.4 Å². The van der Waals surface area contributed by atoms with Crippen molar-refractivity contribution in [3.8, 4) is 5.75 Å². The van der Waals surface area contributed by atoms with Crippen LogP contribution in [0.3, 0.4) is 0 Å². The molecule has 1 fully saturated rings. The first-order chi connectivity index (χ1) is 14.7. The van der Waals surface area contributed by atoms with Gasteiger partial charge in [-0.2, -0.15) is 13.1 Å². The van der Waals surface area contributed by atoms with Crippen LogP contribution in [-0.4, -0.2) is 62.4 Å². The van der Waals surface area contributed by atoms with Crippen LogP contribution in [-0.2, 0) is 14.8 Å². The normalized spacial score (nSPS) is 16.8. The zero-order valence-electron chi connectivity index (χ0n) is 16.7. The topological polar surface area (TPSA) is 79.0 Å². The number of benzene rings is 2. The Hall–Kier alpha value is -2.63. The Morgan fingerprint density at radius 3 is 2.39 bits per heavy atom. The molecule has 2 aromatic rings. The van der Waals surface area contributed by atoms with E-state index in [9.17, 15) is 26.4 Å². The van der Waals surface area contributed by atoms with E-state index in [2.05, 4.69) is 10.1 Å². The summed E-state index contributed by atoms with van der Waals surface area (Å²) in [4.78, 5) is 14.3. The van der Waals surface area contributed by atoms with Crippen molar-refractivity contribution >= 4 is 21.6 Å². The lowest BCUT2D eigenvalue weighted by Crippen LogP contribution is -2.53. The van der Waals surface area contributed by atoms with Crippen molar-refractivity contribution < 1.29 is 31.1 Å². The SMILES string of the molecule is CC(C(=O)Nc1ccccc1OC(F)F)N1CCN(S(=O)(=O)c2cccc(F)c2)CC1. The minimum atomic E-state index is -3.84. The predicted octanol–water partition coefficient (Wildman–Crippen LogP) is 2.76. The summed E-state index contributed by atoms with van der Waals surface area (Å²) in [7, 11) is -3.84. The zero-order valence-corrected chi connectivity index (χ0v) is 17.5.